The zero-order chi connectivity index (χ0) is 21.7. The zero-order valence-electron chi connectivity index (χ0n) is 16.5. The van der Waals surface area contributed by atoms with Gasteiger partial charge in [0.2, 0.25) is 0 Å². The SMILES string of the molecule is CC(C)c1cc(F)cc2c1c(C(=O)c1ccc(Cl)c(Cl)c1)c1n2CCC1CC(=O)O. The first-order valence-electron chi connectivity index (χ1n) is 9.76. The Kier molecular flexibility index (Phi) is 5.37. The van der Waals surface area contributed by atoms with E-state index in [2.05, 4.69) is 0 Å². The largest absolute Gasteiger partial charge is 0.481 e. The first-order chi connectivity index (χ1) is 14.2. The molecule has 4 nitrogen and oxygen atoms in total. The van der Waals surface area contributed by atoms with Crippen molar-refractivity contribution < 1.29 is 19.1 Å². The lowest BCUT2D eigenvalue weighted by Gasteiger charge is -2.13. The lowest BCUT2D eigenvalue weighted by Crippen LogP contribution is -2.10. The number of halogens is 3. The first kappa shape index (κ1) is 20.9. The van der Waals surface area contributed by atoms with Crippen molar-refractivity contribution in [2.24, 2.45) is 0 Å². The summed E-state index contributed by atoms with van der Waals surface area (Å²) in [4.78, 5) is 25.1. The molecule has 30 heavy (non-hydrogen) atoms. The fraction of sp³-hybridized carbons (Fsp3) is 0.304. The quantitative estimate of drug-likeness (QED) is 0.460. The molecule has 0 saturated heterocycles. The summed E-state index contributed by atoms with van der Waals surface area (Å²) in [7, 11) is 0. The van der Waals surface area contributed by atoms with Crippen LogP contribution in [-0.4, -0.2) is 21.4 Å². The molecule has 2 aromatic carbocycles. The van der Waals surface area contributed by atoms with Crippen molar-refractivity contribution in [1.82, 2.24) is 4.57 Å². The van der Waals surface area contributed by atoms with Gasteiger partial charge in [0.25, 0.3) is 0 Å². The van der Waals surface area contributed by atoms with Gasteiger partial charge in [-0.2, -0.15) is 0 Å². The van der Waals surface area contributed by atoms with Gasteiger partial charge in [0, 0.05) is 29.1 Å². The molecular formula is C23H20Cl2FNO3. The molecule has 1 aliphatic heterocycles. The van der Waals surface area contributed by atoms with Gasteiger partial charge in [-0.25, -0.2) is 4.39 Å². The molecule has 0 saturated carbocycles. The number of aliphatic carboxylic acids is 1. The van der Waals surface area contributed by atoms with Gasteiger partial charge in [-0.05, 0) is 48.2 Å². The van der Waals surface area contributed by atoms with Crippen LogP contribution in [0.2, 0.25) is 10.0 Å². The highest BCUT2D eigenvalue weighted by atomic mass is 35.5. The lowest BCUT2D eigenvalue weighted by atomic mass is 9.88. The van der Waals surface area contributed by atoms with Crippen molar-refractivity contribution in [3.05, 3.63) is 68.6 Å². The van der Waals surface area contributed by atoms with Gasteiger partial charge in [-0.3, -0.25) is 9.59 Å². The van der Waals surface area contributed by atoms with Crippen LogP contribution in [0.5, 0.6) is 0 Å². The van der Waals surface area contributed by atoms with Crippen LogP contribution in [0.25, 0.3) is 10.9 Å². The van der Waals surface area contributed by atoms with Crippen molar-refractivity contribution in [2.75, 3.05) is 0 Å². The molecule has 0 fully saturated rings. The third-order valence-electron chi connectivity index (χ3n) is 5.74. The number of carbonyl (C=O) groups is 2. The third kappa shape index (κ3) is 3.40. The van der Waals surface area contributed by atoms with Crippen LogP contribution < -0.4 is 0 Å². The van der Waals surface area contributed by atoms with E-state index in [4.69, 9.17) is 23.2 Å². The van der Waals surface area contributed by atoms with E-state index in [1.165, 1.54) is 18.2 Å². The normalized spacial score (nSPS) is 15.7. The second kappa shape index (κ2) is 7.71. The van der Waals surface area contributed by atoms with Crippen LogP contribution in [0.3, 0.4) is 0 Å². The molecule has 0 amide bonds. The number of nitrogens with zero attached hydrogens (tertiary/aromatic N) is 1. The molecule has 2 heterocycles. The minimum atomic E-state index is -0.929. The highest BCUT2D eigenvalue weighted by molar-refractivity contribution is 6.42. The zero-order valence-corrected chi connectivity index (χ0v) is 18.0. The Labute approximate surface area is 183 Å². The van der Waals surface area contributed by atoms with Gasteiger partial charge in [-0.15, -0.1) is 0 Å². The highest BCUT2D eigenvalue weighted by Crippen LogP contribution is 2.44. The first-order valence-corrected chi connectivity index (χ1v) is 10.5. The van der Waals surface area contributed by atoms with E-state index in [1.807, 2.05) is 18.4 Å². The van der Waals surface area contributed by atoms with Crippen molar-refractivity contribution >= 4 is 45.9 Å². The smallest absolute Gasteiger partial charge is 0.304 e. The van der Waals surface area contributed by atoms with Crippen molar-refractivity contribution in [3.63, 3.8) is 0 Å². The molecular weight excluding hydrogens is 428 g/mol. The molecule has 1 aromatic heterocycles. The molecule has 0 bridgehead atoms. The van der Waals surface area contributed by atoms with E-state index in [0.29, 0.717) is 45.7 Å². The van der Waals surface area contributed by atoms with E-state index < -0.39 is 5.97 Å². The van der Waals surface area contributed by atoms with Crippen LogP contribution in [0, 0.1) is 5.82 Å². The monoisotopic (exact) mass is 447 g/mol. The maximum absolute atomic E-state index is 14.4. The fourth-order valence-corrected chi connectivity index (χ4v) is 4.75. The number of benzene rings is 2. The Hall–Kier alpha value is -2.37. The minimum Gasteiger partial charge on any atom is -0.481 e. The number of carboxylic acids is 1. The summed E-state index contributed by atoms with van der Waals surface area (Å²) in [5, 5.41) is 10.7. The van der Waals surface area contributed by atoms with Crippen molar-refractivity contribution in [1.29, 1.82) is 0 Å². The van der Waals surface area contributed by atoms with Crippen LogP contribution >= 0.6 is 23.2 Å². The Morgan fingerprint density at radius 2 is 1.93 bits per heavy atom. The Morgan fingerprint density at radius 3 is 2.57 bits per heavy atom. The predicted octanol–water partition coefficient (Wildman–Crippen LogP) is 6.40. The topological polar surface area (TPSA) is 59.3 Å². The maximum atomic E-state index is 14.4. The van der Waals surface area contributed by atoms with Crippen LogP contribution in [0.4, 0.5) is 4.39 Å². The summed E-state index contributed by atoms with van der Waals surface area (Å²) in [6.07, 6.45) is 0.504. The van der Waals surface area contributed by atoms with Gasteiger partial charge in [0.1, 0.15) is 5.82 Å². The molecule has 0 radical (unpaired) electrons. The van der Waals surface area contributed by atoms with E-state index >= 15 is 0 Å². The molecule has 1 aliphatic rings. The third-order valence-corrected chi connectivity index (χ3v) is 6.48. The van der Waals surface area contributed by atoms with Crippen LogP contribution in [0.1, 0.15) is 65.7 Å². The maximum Gasteiger partial charge on any atom is 0.304 e. The molecule has 1 N–H and O–H groups in total. The van der Waals surface area contributed by atoms with Crippen molar-refractivity contribution in [2.45, 2.75) is 45.1 Å². The van der Waals surface area contributed by atoms with E-state index in [9.17, 15) is 19.1 Å². The molecule has 4 rings (SSSR count). The number of aryl methyl sites for hydroxylation is 1. The standard InChI is InChI=1S/C23H20Cl2FNO3/c1-11(2)15-9-14(26)10-18-20(15)21(22-12(8-19(28)29)5-6-27(18)22)23(30)13-3-4-16(24)17(25)7-13/h3-4,7,9-12H,5-6,8H2,1-2H3,(H,28,29). The molecule has 7 heteroatoms. The molecule has 156 valence electrons. The van der Waals surface area contributed by atoms with Crippen LogP contribution in [0.15, 0.2) is 30.3 Å². The number of fused-ring (bicyclic) bond motifs is 3. The Balaban J connectivity index is 2.04. The predicted molar refractivity (Wildman–Crippen MR) is 115 cm³/mol. The second-order valence-corrected chi connectivity index (χ2v) is 8.81. The summed E-state index contributed by atoms with van der Waals surface area (Å²) in [5.41, 5.74) is 2.82. The number of carboxylic acid groups (broad SMARTS) is 1. The van der Waals surface area contributed by atoms with E-state index in [0.717, 1.165) is 5.56 Å². The van der Waals surface area contributed by atoms with Gasteiger partial charge in [0.15, 0.2) is 5.78 Å². The average Bonchev–Trinajstić information content (AvgIpc) is 3.21. The summed E-state index contributed by atoms with van der Waals surface area (Å²) < 4.78 is 16.3. The van der Waals surface area contributed by atoms with Crippen molar-refractivity contribution in [3.8, 4) is 0 Å². The number of hydrogen-bond acceptors (Lipinski definition) is 2. The summed E-state index contributed by atoms with van der Waals surface area (Å²) in [6.45, 7) is 4.43. The Bertz CT molecular complexity index is 1200. The number of ketones is 1. The number of hydrogen-bond donors (Lipinski definition) is 1. The summed E-state index contributed by atoms with van der Waals surface area (Å²) in [5.74, 6) is -1.91. The number of carbonyl (C=O) groups excluding carboxylic acids is 1. The molecule has 1 atom stereocenters. The fourth-order valence-electron chi connectivity index (χ4n) is 4.45. The van der Waals surface area contributed by atoms with E-state index in [1.54, 1.807) is 12.1 Å². The molecule has 3 aromatic rings. The number of aromatic nitrogens is 1. The molecule has 0 aliphatic carbocycles. The number of rotatable bonds is 5. The molecule has 1 unspecified atom stereocenters. The van der Waals surface area contributed by atoms with Gasteiger partial charge in [-0.1, -0.05) is 37.0 Å². The Morgan fingerprint density at radius 1 is 1.20 bits per heavy atom. The highest BCUT2D eigenvalue weighted by Gasteiger charge is 2.35. The van der Waals surface area contributed by atoms with Gasteiger partial charge >= 0.3 is 5.97 Å². The van der Waals surface area contributed by atoms with Crippen LogP contribution in [-0.2, 0) is 11.3 Å². The summed E-state index contributed by atoms with van der Waals surface area (Å²) >= 11 is 12.1. The molecule has 0 spiro atoms. The van der Waals surface area contributed by atoms with E-state index in [-0.39, 0.29) is 34.9 Å². The van der Waals surface area contributed by atoms with Gasteiger partial charge in [0.05, 0.1) is 27.5 Å². The lowest BCUT2D eigenvalue weighted by molar-refractivity contribution is -0.137. The second-order valence-electron chi connectivity index (χ2n) is 8.00. The average molecular weight is 448 g/mol. The summed E-state index contributed by atoms with van der Waals surface area (Å²) in [6, 6.07) is 7.57. The van der Waals surface area contributed by atoms with Gasteiger partial charge < -0.3 is 9.67 Å². The minimum absolute atomic E-state index is 0.0235.